The molecule has 0 unspecified atom stereocenters. The lowest BCUT2D eigenvalue weighted by atomic mass is 10.2. The van der Waals surface area contributed by atoms with E-state index in [4.69, 9.17) is 12.2 Å². The average molecular weight is 384 g/mol. The van der Waals surface area contributed by atoms with Gasteiger partial charge in [-0.3, -0.25) is 9.78 Å². The highest BCUT2D eigenvalue weighted by atomic mass is 32.1. The molecule has 2 aromatic rings. The Balaban J connectivity index is 1.52. The predicted octanol–water partition coefficient (Wildman–Crippen LogP) is 2.02. The SMILES string of the molecule is COC(=O)c1ccc(NC(=S)N2CCN(C(=O)c3ccncc3)CC2)cc1. The summed E-state index contributed by atoms with van der Waals surface area (Å²) in [6, 6.07) is 10.4. The van der Waals surface area contributed by atoms with Crippen LogP contribution in [-0.4, -0.2) is 65.1 Å². The number of esters is 1. The first-order valence-corrected chi connectivity index (χ1v) is 8.93. The van der Waals surface area contributed by atoms with E-state index in [-0.39, 0.29) is 11.9 Å². The molecule has 1 aliphatic rings. The number of hydrogen-bond acceptors (Lipinski definition) is 5. The third-order valence-corrected chi connectivity index (χ3v) is 4.70. The van der Waals surface area contributed by atoms with Gasteiger partial charge in [-0.05, 0) is 48.6 Å². The fraction of sp³-hybridized carbons (Fsp3) is 0.263. The Morgan fingerprint density at radius 3 is 2.15 bits per heavy atom. The molecule has 0 spiro atoms. The molecule has 0 radical (unpaired) electrons. The van der Waals surface area contributed by atoms with E-state index in [1.54, 1.807) is 48.8 Å². The molecule has 3 rings (SSSR count). The summed E-state index contributed by atoms with van der Waals surface area (Å²) in [7, 11) is 1.35. The van der Waals surface area contributed by atoms with E-state index in [9.17, 15) is 9.59 Å². The van der Waals surface area contributed by atoms with Gasteiger partial charge >= 0.3 is 5.97 Å². The number of amides is 1. The zero-order chi connectivity index (χ0) is 19.2. The number of ether oxygens (including phenoxy) is 1. The Hall–Kier alpha value is -3.00. The van der Waals surface area contributed by atoms with E-state index >= 15 is 0 Å². The fourth-order valence-corrected chi connectivity index (χ4v) is 3.10. The molecular weight excluding hydrogens is 364 g/mol. The van der Waals surface area contributed by atoms with Gasteiger partial charge in [-0.1, -0.05) is 0 Å². The van der Waals surface area contributed by atoms with E-state index in [1.165, 1.54) is 7.11 Å². The summed E-state index contributed by atoms with van der Waals surface area (Å²) in [6.45, 7) is 2.51. The maximum absolute atomic E-state index is 12.5. The van der Waals surface area contributed by atoms with Crippen LogP contribution in [0.4, 0.5) is 5.69 Å². The summed E-state index contributed by atoms with van der Waals surface area (Å²) in [4.78, 5) is 31.7. The summed E-state index contributed by atoms with van der Waals surface area (Å²) < 4.78 is 4.68. The van der Waals surface area contributed by atoms with Crippen molar-refractivity contribution in [1.82, 2.24) is 14.8 Å². The lowest BCUT2D eigenvalue weighted by Crippen LogP contribution is -2.51. The van der Waals surface area contributed by atoms with Crippen LogP contribution in [0.2, 0.25) is 0 Å². The van der Waals surface area contributed by atoms with Gasteiger partial charge in [0.05, 0.1) is 12.7 Å². The fourth-order valence-electron chi connectivity index (χ4n) is 2.80. The molecule has 8 heteroatoms. The van der Waals surface area contributed by atoms with Gasteiger partial charge in [0.2, 0.25) is 0 Å². The monoisotopic (exact) mass is 384 g/mol. The molecule has 7 nitrogen and oxygen atoms in total. The number of carbonyl (C=O) groups excluding carboxylic acids is 2. The van der Waals surface area contributed by atoms with Crippen LogP contribution in [0.5, 0.6) is 0 Å². The molecule has 1 aliphatic heterocycles. The van der Waals surface area contributed by atoms with Crippen molar-refractivity contribution >= 4 is 34.9 Å². The lowest BCUT2D eigenvalue weighted by molar-refractivity contribution is 0.0600. The quantitative estimate of drug-likeness (QED) is 0.641. The highest BCUT2D eigenvalue weighted by molar-refractivity contribution is 7.80. The van der Waals surface area contributed by atoms with Crippen LogP contribution in [0.25, 0.3) is 0 Å². The minimum Gasteiger partial charge on any atom is -0.465 e. The second-order valence-corrected chi connectivity index (χ2v) is 6.40. The Morgan fingerprint density at radius 1 is 0.963 bits per heavy atom. The van der Waals surface area contributed by atoms with Crippen molar-refractivity contribution < 1.29 is 14.3 Å². The van der Waals surface area contributed by atoms with Crippen molar-refractivity contribution in [3.05, 3.63) is 59.9 Å². The first-order chi connectivity index (χ1) is 13.1. The maximum Gasteiger partial charge on any atom is 0.337 e. The van der Waals surface area contributed by atoms with Gasteiger partial charge in [0.15, 0.2) is 5.11 Å². The average Bonchev–Trinajstić information content (AvgIpc) is 2.74. The minimum absolute atomic E-state index is 0.00864. The summed E-state index contributed by atoms with van der Waals surface area (Å²) in [5, 5.41) is 3.76. The van der Waals surface area contributed by atoms with Crippen LogP contribution < -0.4 is 5.32 Å². The molecular formula is C19H20N4O3S. The first-order valence-electron chi connectivity index (χ1n) is 8.52. The highest BCUT2D eigenvalue weighted by Gasteiger charge is 2.23. The first kappa shape index (κ1) is 18.8. The number of benzene rings is 1. The summed E-state index contributed by atoms with van der Waals surface area (Å²) in [5.74, 6) is -0.367. The number of carbonyl (C=O) groups is 2. The van der Waals surface area contributed by atoms with Gasteiger partial charge in [0, 0.05) is 49.8 Å². The van der Waals surface area contributed by atoms with E-state index in [0.29, 0.717) is 42.4 Å². The molecule has 1 saturated heterocycles. The molecule has 140 valence electrons. The number of aromatic nitrogens is 1. The van der Waals surface area contributed by atoms with Crippen molar-refractivity contribution in [3.8, 4) is 0 Å². The number of thiocarbonyl (C=S) groups is 1. The zero-order valence-corrected chi connectivity index (χ0v) is 15.7. The largest absolute Gasteiger partial charge is 0.465 e. The van der Waals surface area contributed by atoms with Crippen molar-refractivity contribution in [1.29, 1.82) is 0 Å². The van der Waals surface area contributed by atoms with E-state index < -0.39 is 0 Å². The topological polar surface area (TPSA) is 74.8 Å². The molecule has 2 heterocycles. The molecule has 0 saturated carbocycles. The van der Waals surface area contributed by atoms with Crippen LogP contribution in [0.15, 0.2) is 48.8 Å². The van der Waals surface area contributed by atoms with Crippen LogP contribution in [-0.2, 0) is 4.74 Å². The number of anilines is 1. The van der Waals surface area contributed by atoms with Crippen molar-refractivity contribution in [2.75, 3.05) is 38.6 Å². The Labute approximate surface area is 162 Å². The second kappa shape index (κ2) is 8.59. The number of nitrogens with one attached hydrogen (secondary N) is 1. The van der Waals surface area contributed by atoms with Crippen LogP contribution in [0.3, 0.4) is 0 Å². The summed E-state index contributed by atoms with van der Waals surface area (Å²) >= 11 is 5.47. The van der Waals surface area contributed by atoms with Crippen molar-refractivity contribution in [2.45, 2.75) is 0 Å². The van der Waals surface area contributed by atoms with Gasteiger partial charge in [-0.2, -0.15) is 0 Å². The highest BCUT2D eigenvalue weighted by Crippen LogP contribution is 2.13. The van der Waals surface area contributed by atoms with E-state index in [1.807, 2.05) is 9.80 Å². The summed E-state index contributed by atoms with van der Waals surface area (Å²) in [6.07, 6.45) is 3.24. The Morgan fingerprint density at radius 2 is 1.56 bits per heavy atom. The van der Waals surface area contributed by atoms with Crippen LogP contribution in [0.1, 0.15) is 20.7 Å². The van der Waals surface area contributed by atoms with E-state index in [0.717, 1.165) is 5.69 Å². The van der Waals surface area contributed by atoms with Crippen molar-refractivity contribution in [2.24, 2.45) is 0 Å². The molecule has 1 fully saturated rings. The molecule has 0 atom stereocenters. The third-order valence-electron chi connectivity index (χ3n) is 4.34. The van der Waals surface area contributed by atoms with E-state index in [2.05, 4.69) is 15.0 Å². The molecule has 0 aliphatic carbocycles. The molecule has 1 aromatic carbocycles. The number of hydrogen-bond donors (Lipinski definition) is 1. The zero-order valence-electron chi connectivity index (χ0n) is 14.9. The number of nitrogens with zero attached hydrogens (tertiary/aromatic N) is 3. The molecule has 27 heavy (non-hydrogen) atoms. The Kier molecular flexibility index (Phi) is 5.97. The van der Waals surface area contributed by atoms with Gasteiger partial charge in [-0.15, -0.1) is 0 Å². The lowest BCUT2D eigenvalue weighted by Gasteiger charge is -2.36. The van der Waals surface area contributed by atoms with Crippen molar-refractivity contribution in [3.63, 3.8) is 0 Å². The normalized spacial score (nSPS) is 13.8. The van der Waals surface area contributed by atoms with Gasteiger partial charge in [-0.25, -0.2) is 4.79 Å². The smallest absolute Gasteiger partial charge is 0.337 e. The number of pyridine rings is 1. The molecule has 1 N–H and O–H groups in total. The van der Waals surface area contributed by atoms with Crippen LogP contribution in [0, 0.1) is 0 Å². The minimum atomic E-state index is -0.376. The predicted molar refractivity (Wildman–Crippen MR) is 106 cm³/mol. The molecule has 1 amide bonds. The number of piperazine rings is 1. The van der Waals surface area contributed by atoms with Gasteiger partial charge in [0.25, 0.3) is 5.91 Å². The molecule has 0 bridgehead atoms. The molecule has 1 aromatic heterocycles. The number of rotatable bonds is 3. The van der Waals surface area contributed by atoms with Crippen LogP contribution >= 0.6 is 12.2 Å². The number of methoxy groups -OCH3 is 1. The second-order valence-electron chi connectivity index (χ2n) is 6.01. The standard InChI is InChI=1S/C19H20N4O3S/c1-26-18(25)15-2-4-16(5-3-15)21-19(27)23-12-10-22(11-13-23)17(24)14-6-8-20-9-7-14/h2-9H,10-13H2,1H3,(H,21,27). The Bertz CT molecular complexity index is 819. The van der Waals surface area contributed by atoms with Gasteiger partial charge in [0.1, 0.15) is 0 Å². The maximum atomic E-state index is 12.5. The van der Waals surface area contributed by atoms with Gasteiger partial charge < -0.3 is 19.9 Å². The third kappa shape index (κ3) is 4.59. The summed E-state index contributed by atoms with van der Waals surface area (Å²) in [5.41, 5.74) is 1.92.